The smallest absolute Gasteiger partial charge is 0.328 e. The number of carboxylic acids is 1. The van der Waals surface area contributed by atoms with Gasteiger partial charge in [0.2, 0.25) is 5.88 Å². The van der Waals surface area contributed by atoms with E-state index in [2.05, 4.69) is 9.97 Å². The highest BCUT2D eigenvalue weighted by atomic mass is 19.1. The SMILES string of the molecule is COc1ccc2ncc(F)c(OC(=O)C(C)(C)C(=O)O)c2n1. The number of nitrogens with zero attached hydrogens (tertiary/aromatic N) is 2. The van der Waals surface area contributed by atoms with Crippen LogP contribution in [0.3, 0.4) is 0 Å². The van der Waals surface area contributed by atoms with Crippen LogP contribution in [0, 0.1) is 11.2 Å². The summed E-state index contributed by atoms with van der Waals surface area (Å²) in [6.45, 7) is 2.32. The lowest BCUT2D eigenvalue weighted by molar-refractivity contribution is -0.160. The molecule has 0 aliphatic rings. The van der Waals surface area contributed by atoms with Crippen molar-refractivity contribution in [1.29, 1.82) is 0 Å². The molecule has 0 unspecified atom stereocenters. The van der Waals surface area contributed by atoms with E-state index in [1.54, 1.807) is 0 Å². The number of hydrogen-bond donors (Lipinski definition) is 1. The fraction of sp³-hybridized carbons (Fsp3) is 0.286. The van der Waals surface area contributed by atoms with Gasteiger partial charge in [0.1, 0.15) is 5.52 Å². The molecule has 0 radical (unpaired) electrons. The van der Waals surface area contributed by atoms with Crippen molar-refractivity contribution in [2.75, 3.05) is 7.11 Å². The summed E-state index contributed by atoms with van der Waals surface area (Å²) >= 11 is 0. The Hall–Kier alpha value is -2.77. The molecule has 0 saturated heterocycles. The zero-order chi connectivity index (χ0) is 16.5. The number of hydrogen-bond acceptors (Lipinski definition) is 6. The first kappa shape index (κ1) is 15.6. The number of fused-ring (bicyclic) bond motifs is 1. The molecule has 0 spiro atoms. The van der Waals surface area contributed by atoms with Crippen molar-refractivity contribution in [2.45, 2.75) is 13.8 Å². The lowest BCUT2D eigenvalue weighted by Crippen LogP contribution is -2.36. The summed E-state index contributed by atoms with van der Waals surface area (Å²) in [5.74, 6) is -3.74. The van der Waals surface area contributed by atoms with Crippen LogP contribution in [0.4, 0.5) is 4.39 Å². The van der Waals surface area contributed by atoms with Crippen molar-refractivity contribution in [3.8, 4) is 11.6 Å². The molecule has 0 bridgehead atoms. The van der Waals surface area contributed by atoms with Gasteiger partial charge in [0.05, 0.1) is 18.8 Å². The van der Waals surface area contributed by atoms with E-state index >= 15 is 0 Å². The predicted molar refractivity (Wildman–Crippen MR) is 73.1 cm³/mol. The quantitative estimate of drug-likeness (QED) is 0.679. The zero-order valence-corrected chi connectivity index (χ0v) is 12.1. The van der Waals surface area contributed by atoms with Crippen LogP contribution in [-0.2, 0) is 9.59 Å². The molecule has 0 aromatic carbocycles. The molecule has 2 rings (SSSR count). The Kier molecular flexibility index (Phi) is 3.94. The van der Waals surface area contributed by atoms with E-state index in [1.165, 1.54) is 19.2 Å². The molecule has 7 nitrogen and oxygen atoms in total. The Morgan fingerprint density at radius 3 is 2.59 bits per heavy atom. The second-order valence-corrected chi connectivity index (χ2v) is 4.98. The summed E-state index contributed by atoms with van der Waals surface area (Å²) in [7, 11) is 1.38. The van der Waals surface area contributed by atoms with Crippen LogP contribution in [0.2, 0.25) is 0 Å². The Labute approximate surface area is 124 Å². The second-order valence-electron chi connectivity index (χ2n) is 4.98. The lowest BCUT2D eigenvalue weighted by atomic mass is 9.94. The molecule has 8 heteroatoms. The molecule has 1 N–H and O–H groups in total. The Morgan fingerprint density at radius 1 is 1.32 bits per heavy atom. The third-order valence-corrected chi connectivity index (χ3v) is 3.05. The van der Waals surface area contributed by atoms with Gasteiger partial charge in [0.25, 0.3) is 0 Å². The average molecular weight is 308 g/mol. The van der Waals surface area contributed by atoms with Gasteiger partial charge in [-0.15, -0.1) is 0 Å². The number of rotatable bonds is 4. The van der Waals surface area contributed by atoms with Crippen molar-refractivity contribution in [3.63, 3.8) is 0 Å². The van der Waals surface area contributed by atoms with Gasteiger partial charge in [0, 0.05) is 6.07 Å². The van der Waals surface area contributed by atoms with Gasteiger partial charge in [0.15, 0.2) is 17.0 Å². The van der Waals surface area contributed by atoms with Gasteiger partial charge in [-0.05, 0) is 19.9 Å². The number of pyridine rings is 2. The van der Waals surface area contributed by atoms with Gasteiger partial charge in [-0.25, -0.2) is 9.37 Å². The van der Waals surface area contributed by atoms with E-state index in [0.717, 1.165) is 20.0 Å². The number of esters is 1. The standard InChI is InChI=1S/C14H13FN2O5/c1-14(2,12(18)19)13(20)22-11-7(15)6-16-8-4-5-9(21-3)17-10(8)11/h4-6H,1-3H3,(H,18,19). The van der Waals surface area contributed by atoms with Crippen molar-refractivity contribution >= 4 is 23.0 Å². The van der Waals surface area contributed by atoms with Crippen LogP contribution in [0.5, 0.6) is 11.6 Å². The third kappa shape index (κ3) is 2.67. The second kappa shape index (κ2) is 5.55. The first-order valence-corrected chi connectivity index (χ1v) is 6.22. The molecule has 2 aromatic heterocycles. The zero-order valence-electron chi connectivity index (χ0n) is 12.1. The molecule has 0 amide bonds. The van der Waals surface area contributed by atoms with Crippen LogP contribution >= 0.6 is 0 Å². The van der Waals surface area contributed by atoms with Crippen molar-refractivity contribution in [1.82, 2.24) is 9.97 Å². The number of carbonyl (C=O) groups is 2. The molecular weight excluding hydrogens is 295 g/mol. The molecule has 0 atom stereocenters. The van der Waals surface area contributed by atoms with Crippen molar-refractivity contribution in [3.05, 3.63) is 24.1 Å². The van der Waals surface area contributed by atoms with Crippen LogP contribution < -0.4 is 9.47 Å². The summed E-state index contributed by atoms with van der Waals surface area (Å²) in [5.41, 5.74) is -1.59. The molecule has 0 fully saturated rings. The van der Waals surface area contributed by atoms with E-state index in [1.807, 2.05) is 0 Å². The van der Waals surface area contributed by atoms with Gasteiger partial charge in [-0.1, -0.05) is 0 Å². The first-order valence-electron chi connectivity index (χ1n) is 6.22. The minimum absolute atomic E-state index is 0.0334. The molecular formula is C14H13FN2O5. The van der Waals surface area contributed by atoms with Gasteiger partial charge >= 0.3 is 11.9 Å². The Morgan fingerprint density at radius 2 is 2.00 bits per heavy atom. The molecule has 0 aliphatic heterocycles. The third-order valence-electron chi connectivity index (χ3n) is 3.05. The maximum absolute atomic E-state index is 13.9. The highest BCUT2D eigenvalue weighted by molar-refractivity contribution is 6.00. The number of aliphatic carboxylic acids is 1. The fourth-order valence-corrected chi connectivity index (χ4v) is 1.52. The van der Waals surface area contributed by atoms with Gasteiger partial charge in [-0.2, -0.15) is 0 Å². The highest BCUT2D eigenvalue weighted by Gasteiger charge is 2.39. The van der Waals surface area contributed by atoms with E-state index in [4.69, 9.17) is 14.6 Å². The summed E-state index contributed by atoms with van der Waals surface area (Å²) in [6.07, 6.45) is 0.868. The molecule has 22 heavy (non-hydrogen) atoms. The molecule has 2 aromatic rings. The highest BCUT2D eigenvalue weighted by Crippen LogP contribution is 2.29. The summed E-state index contributed by atoms with van der Waals surface area (Å²) in [4.78, 5) is 30.8. The van der Waals surface area contributed by atoms with Gasteiger partial charge < -0.3 is 14.6 Å². The Balaban J connectivity index is 2.52. The maximum Gasteiger partial charge on any atom is 0.328 e. The van der Waals surface area contributed by atoms with Crippen molar-refractivity contribution in [2.24, 2.45) is 5.41 Å². The van der Waals surface area contributed by atoms with Crippen LogP contribution in [0.15, 0.2) is 18.3 Å². The molecule has 116 valence electrons. The lowest BCUT2D eigenvalue weighted by Gasteiger charge is -2.17. The monoisotopic (exact) mass is 308 g/mol. The maximum atomic E-state index is 13.9. The van der Waals surface area contributed by atoms with E-state index < -0.39 is 28.9 Å². The van der Waals surface area contributed by atoms with Crippen LogP contribution in [0.25, 0.3) is 11.0 Å². The van der Waals surface area contributed by atoms with E-state index in [0.29, 0.717) is 0 Å². The summed E-state index contributed by atoms with van der Waals surface area (Å²) in [5, 5.41) is 9.01. The molecule has 2 heterocycles. The van der Waals surface area contributed by atoms with E-state index in [9.17, 15) is 14.0 Å². The van der Waals surface area contributed by atoms with Gasteiger partial charge in [-0.3, -0.25) is 14.6 Å². The number of carboxylic acid groups (broad SMARTS) is 1. The number of halogens is 1. The number of ether oxygens (including phenoxy) is 2. The molecule has 0 saturated carbocycles. The van der Waals surface area contributed by atoms with Crippen LogP contribution in [-0.4, -0.2) is 34.1 Å². The fourth-order valence-electron chi connectivity index (χ4n) is 1.52. The normalized spacial score (nSPS) is 11.3. The minimum Gasteiger partial charge on any atom is -0.481 e. The predicted octanol–water partition coefficient (Wildman–Crippen LogP) is 1.79. The number of aromatic nitrogens is 2. The van der Waals surface area contributed by atoms with Crippen molar-refractivity contribution < 1.29 is 28.6 Å². The number of methoxy groups -OCH3 is 1. The number of carbonyl (C=O) groups excluding carboxylic acids is 1. The Bertz CT molecular complexity index is 760. The van der Waals surface area contributed by atoms with E-state index in [-0.39, 0.29) is 16.9 Å². The topological polar surface area (TPSA) is 98.6 Å². The van der Waals surface area contributed by atoms with Crippen LogP contribution in [0.1, 0.15) is 13.8 Å². The minimum atomic E-state index is -1.83. The first-order chi connectivity index (χ1) is 10.3. The molecule has 0 aliphatic carbocycles. The summed E-state index contributed by atoms with van der Waals surface area (Å²) in [6, 6.07) is 3.03. The summed E-state index contributed by atoms with van der Waals surface area (Å²) < 4.78 is 23.8. The largest absolute Gasteiger partial charge is 0.481 e. The average Bonchev–Trinajstić information content (AvgIpc) is 2.49.